The molecule has 2 nitrogen and oxygen atoms in total. The Kier molecular flexibility index (Phi) is 3.52. The summed E-state index contributed by atoms with van der Waals surface area (Å²) in [5.74, 6) is 1.75. The highest BCUT2D eigenvalue weighted by molar-refractivity contribution is 9.09. The van der Waals surface area contributed by atoms with Crippen LogP contribution < -0.4 is 9.47 Å². The molecule has 1 aliphatic rings. The standard InChI is InChI=1S/C12H15BrO2/c1-2-10(13)9-4-5-11-12(8-9)15-7-3-6-14-11/h4-5,8,10H,2-3,6-7H2,1H3. The number of alkyl halides is 1. The van der Waals surface area contributed by atoms with Gasteiger partial charge in [-0.2, -0.15) is 0 Å². The van der Waals surface area contributed by atoms with Crippen LogP contribution in [0, 0.1) is 0 Å². The van der Waals surface area contributed by atoms with E-state index in [2.05, 4.69) is 35.0 Å². The summed E-state index contributed by atoms with van der Waals surface area (Å²) >= 11 is 3.64. The summed E-state index contributed by atoms with van der Waals surface area (Å²) in [5, 5.41) is 0. The molecule has 0 radical (unpaired) electrons. The van der Waals surface area contributed by atoms with Crippen molar-refractivity contribution in [3.63, 3.8) is 0 Å². The summed E-state index contributed by atoms with van der Waals surface area (Å²) in [6.07, 6.45) is 2.02. The molecule has 2 rings (SSSR count). The molecule has 3 heteroatoms. The third-order valence-corrected chi connectivity index (χ3v) is 3.67. The lowest BCUT2D eigenvalue weighted by molar-refractivity contribution is 0.297. The molecule has 0 amide bonds. The lowest BCUT2D eigenvalue weighted by Crippen LogP contribution is -1.97. The van der Waals surface area contributed by atoms with Gasteiger partial charge in [-0.3, -0.25) is 0 Å². The second kappa shape index (κ2) is 4.88. The van der Waals surface area contributed by atoms with Gasteiger partial charge in [0.15, 0.2) is 11.5 Å². The van der Waals surface area contributed by atoms with Crippen molar-refractivity contribution < 1.29 is 9.47 Å². The summed E-state index contributed by atoms with van der Waals surface area (Å²) < 4.78 is 11.2. The maximum Gasteiger partial charge on any atom is 0.161 e. The smallest absolute Gasteiger partial charge is 0.161 e. The molecule has 0 bridgehead atoms. The lowest BCUT2D eigenvalue weighted by Gasteiger charge is -2.11. The summed E-state index contributed by atoms with van der Waals surface area (Å²) in [5.41, 5.74) is 1.25. The van der Waals surface area contributed by atoms with E-state index >= 15 is 0 Å². The minimum Gasteiger partial charge on any atom is -0.490 e. The fourth-order valence-electron chi connectivity index (χ4n) is 1.61. The summed E-state index contributed by atoms with van der Waals surface area (Å²) in [7, 11) is 0. The van der Waals surface area contributed by atoms with Crippen molar-refractivity contribution in [1.82, 2.24) is 0 Å². The van der Waals surface area contributed by atoms with Gasteiger partial charge in [-0.15, -0.1) is 0 Å². The average Bonchev–Trinajstić information content (AvgIpc) is 2.51. The van der Waals surface area contributed by atoms with Crippen molar-refractivity contribution in [3.8, 4) is 11.5 Å². The van der Waals surface area contributed by atoms with Crippen LogP contribution >= 0.6 is 15.9 Å². The van der Waals surface area contributed by atoms with Gasteiger partial charge < -0.3 is 9.47 Å². The molecule has 15 heavy (non-hydrogen) atoms. The first-order valence-electron chi connectivity index (χ1n) is 5.35. The van der Waals surface area contributed by atoms with Crippen molar-refractivity contribution in [1.29, 1.82) is 0 Å². The highest BCUT2D eigenvalue weighted by atomic mass is 79.9. The van der Waals surface area contributed by atoms with Gasteiger partial charge in [0.2, 0.25) is 0 Å². The molecule has 82 valence electrons. The van der Waals surface area contributed by atoms with Crippen LogP contribution in [0.3, 0.4) is 0 Å². The van der Waals surface area contributed by atoms with Crippen LogP contribution in [0.15, 0.2) is 18.2 Å². The molecule has 0 N–H and O–H groups in total. The van der Waals surface area contributed by atoms with E-state index in [9.17, 15) is 0 Å². The minimum absolute atomic E-state index is 0.398. The van der Waals surface area contributed by atoms with Crippen molar-refractivity contribution in [2.45, 2.75) is 24.6 Å². The van der Waals surface area contributed by atoms with E-state index in [1.54, 1.807) is 0 Å². The first-order valence-corrected chi connectivity index (χ1v) is 6.26. The van der Waals surface area contributed by atoms with Crippen molar-refractivity contribution >= 4 is 15.9 Å². The number of halogens is 1. The third kappa shape index (κ3) is 2.46. The van der Waals surface area contributed by atoms with Crippen molar-refractivity contribution in [3.05, 3.63) is 23.8 Å². The Morgan fingerprint density at radius 2 is 2.00 bits per heavy atom. The number of ether oxygens (including phenoxy) is 2. The first kappa shape index (κ1) is 10.8. The Balaban J connectivity index is 2.27. The topological polar surface area (TPSA) is 18.5 Å². The molecule has 1 aromatic rings. The van der Waals surface area contributed by atoms with Gasteiger partial charge in [0.1, 0.15) is 0 Å². The predicted octanol–water partition coefficient (Wildman–Crippen LogP) is 3.69. The van der Waals surface area contributed by atoms with E-state index < -0.39 is 0 Å². The van der Waals surface area contributed by atoms with E-state index in [0.717, 1.165) is 37.6 Å². The molecule has 1 heterocycles. The first-order chi connectivity index (χ1) is 7.31. The Labute approximate surface area is 98.7 Å². The van der Waals surface area contributed by atoms with Crippen LogP contribution in [-0.4, -0.2) is 13.2 Å². The van der Waals surface area contributed by atoms with Crippen LogP contribution in [0.25, 0.3) is 0 Å². The van der Waals surface area contributed by atoms with Gasteiger partial charge in [0.25, 0.3) is 0 Å². The summed E-state index contributed by atoms with van der Waals surface area (Å²) in [4.78, 5) is 0.398. The third-order valence-electron chi connectivity index (χ3n) is 2.49. The van der Waals surface area contributed by atoms with Crippen LogP contribution in [0.4, 0.5) is 0 Å². The van der Waals surface area contributed by atoms with E-state index in [4.69, 9.17) is 9.47 Å². The van der Waals surface area contributed by atoms with E-state index in [0.29, 0.717) is 4.83 Å². The van der Waals surface area contributed by atoms with Crippen LogP contribution in [0.2, 0.25) is 0 Å². The van der Waals surface area contributed by atoms with E-state index in [-0.39, 0.29) is 0 Å². The summed E-state index contributed by atoms with van der Waals surface area (Å²) in [6, 6.07) is 6.17. The number of fused-ring (bicyclic) bond motifs is 1. The Hall–Kier alpha value is -0.700. The van der Waals surface area contributed by atoms with Gasteiger partial charge in [0.05, 0.1) is 13.2 Å². The monoisotopic (exact) mass is 270 g/mol. The second-order valence-electron chi connectivity index (χ2n) is 3.63. The molecule has 0 aliphatic carbocycles. The van der Waals surface area contributed by atoms with Crippen molar-refractivity contribution in [2.24, 2.45) is 0 Å². The normalized spacial score (nSPS) is 16.9. The zero-order valence-electron chi connectivity index (χ0n) is 8.83. The van der Waals surface area contributed by atoms with E-state index in [1.165, 1.54) is 5.56 Å². The molecule has 1 aliphatic heterocycles. The van der Waals surface area contributed by atoms with Gasteiger partial charge in [0, 0.05) is 11.2 Å². The fourth-order valence-corrected chi connectivity index (χ4v) is 1.90. The van der Waals surface area contributed by atoms with Gasteiger partial charge >= 0.3 is 0 Å². The molecule has 0 fully saturated rings. The minimum atomic E-state index is 0.398. The van der Waals surface area contributed by atoms with Crippen LogP contribution in [-0.2, 0) is 0 Å². The fraction of sp³-hybridized carbons (Fsp3) is 0.500. The van der Waals surface area contributed by atoms with Crippen LogP contribution in [0.1, 0.15) is 30.2 Å². The molecule has 0 spiro atoms. The lowest BCUT2D eigenvalue weighted by atomic mass is 10.1. The quantitative estimate of drug-likeness (QED) is 0.764. The number of hydrogen-bond acceptors (Lipinski definition) is 2. The van der Waals surface area contributed by atoms with Gasteiger partial charge in [-0.1, -0.05) is 28.9 Å². The molecule has 0 saturated heterocycles. The molecular weight excluding hydrogens is 256 g/mol. The highest BCUT2D eigenvalue weighted by Gasteiger charge is 2.13. The molecule has 0 aromatic heterocycles. The highest BCUT2D eigenvalue weighted by Crippen LogP contribution is 2.35. The number of hydrogen-bond donors (Lipinski definition) is 0. The number of rotatable bonds is 2. The average molecular weight is 271 g/mol. The van der Waals surface area contributed by atoms with Crippen LogP contribution in [0.5, 0.6) is 11.5 Å². The Morgan fingerprint density at radius 3 is 2.73 bits per heavy atom. The SMILES string of the molecule is CCC(Br)c1ccc2c(c1)OCCCO2. The Morgan fingerprint density at radius 1 is 1.27 bits per heavy atom. The van der Waals surface area contributed by atoms with E-state index in [1.807, 2.05) is 6.07 Å². The zero-order chi connectivity index (χ0) is 10.7. The molecule has 1 aromatic carbocycles. The maximum absolute atomic E-state index is 5.64. The largest absolute Gasteiger partial charge is 0.490 e. The molecule has 1 unspecified atom stereocenters. The molecule has 1 atom stereocenters. The van der Waals surface area contributed by atoms with Crippen molar-refractivity contribution in [2.75, 3.05) is 13.2 Å². The predicted molar refractivity (Wildman–Crippen MR) is 64.0 cm³/mol. The summed E-state index contributed by atoms with van der Waals surface area (Å²) in [6.45, 7) is 3.65. The maximum atomic E-state index is 5.64. The molecule has 0 saturated carbocycles. The Bertz CT molecular complexity index is 338. The number of benzene rings is 1. The van der Waals surface area contributed by atoms with Gasteiger partial charge in [-0.05, 0) is 24.1 Å². The zero-order valence-corrected chi connectivity index (χ0v) is 10.4. The molecular formula is C12H15BrO2. The van der Waals surface area contributed by atoms with Gasteiger partial charge in [-0.25, -0.2) is 0 Å². The second-order valence-corrected chi connectivity index (χ2v) is 4.74.